The number of benzene rings is 2. The van der Waals surface area contributed by atoms with Gasteiger partial charge in [-0.1, -0.05) is 12.1 Å². The van der Waals surface area contributed by atoms with Crippen molar-refractivity contribution < 1.29 is 14.3 Å². The number of aromatic amines is 1. The lowest BCUT2D eigenvalue weighted by Crippen LogP contribution is -2.23. The summed E-state index contributed by atoms with van der Waals surface area (Å²) in [5.41, 5.74) is 2.42. The molecule has 3 N–H and O–H groups in total. The normalized spacial score (nSPS) is 11.8. The molecule has 0 fully saturated rings. The van der Waals surface area contributed by atoms with Crippen molar-refractivity contribution in [1.82, 2.24) is 9.97 Å². The van der Waals surface area contributed by atoms with Gasteiger partial charge in [-0.3, -0.25) is 14.4 Å². The van der Waals surface area contributed by atoms with Gasteiger partial charge in [-0.05, 0) is 62.7 Å². The highest BCUT2D eigenvalue weighted by Gasteiger charge is 2.17. The molecule has 2 aromatic carbocycles. The maximum Gasteiger partial charge on any atom is 0.259 e. The van der Waals surface area contributed by atoms with E-state index < -0.39 is 0 Å². The van der Waals surface area contributed by atoms with E-state index in [-0.39, 0.29) is 22.6 Å². The van der Waals surface area contributed by atoms with E-state index in [2.05, 4.69) is 20.6 Å². The number of thioether (sulfide) groups is 1. The molecular formula is C26H26N4O4S2. The summed E-state index contributed by atoms with van der Waals surface area (Å²) in [5, 5.41) is 5.94. The topological polar surface area (TPSA) is 113 Å². The molecule has 186 valence electrons. The van der Waals surface area contributed by atoms with Crippen LogP contribution in [0.15, 0.2) is 53.3 Å². The standard InChI is InChI=1S/C26H26N4O4S2/c1-14-15(2)36-26-22(14)25(33)29-21(30-26)13-35-16(3)23(31)27-18-11-9-17(10-12-18)24(32)28-19-7-5-6-8-20(19)34-4/h5-12,16H,13H2,1-4H3,(H,27,31)(H,28,32)(H,29,30,33). The molecule has 0 spiro atoms. The predicted octanol–water partition coefficient (Wildman–Crippen LogP) is 5.12. The quantitative estimate of drug-likeness (QED) is 0.296. The van der Waals surface area contributed by atoms with Crippen LogP contribution >= 0.6 is 23.1 Å². The number of carbonyl (C=O) groups is 2. The van der Waals surface area contributed by atoms with Crippen LogP contribution in [0.3, 0.4) is 0 Å². The molecule has 0 saturated carbocycles. The Labute approximate surface area is 216 Å². The molecule has 0 radical (unpaired) electrons. The van der Waals surface area contributed by atoms with E-state index in [1.807, 2.05) is 26.0 Å². The number of nitrogens with one attached hydrogen (secondary N) is 3. The molecule has 2 aromatic heterocycles. The number of thiophene rings is 1. The number of aryl methyl sites for hydroxylation is 2. The Morgan fingerprint density at radius 2 is 1.83 bits per heavy atom. The minimum atomic E-state index is -0.383. The van der Waals surface area contributed by atoms with Crippen molar-refractivity contribution in [3.63, 3.8) is 0 Å². The Morgan fingerprint density at radius 1 is 1.11 bits per heavy atom. The van der Waals surface area contributed by atoms with Crippen LogP contribution < -0.4 is 20.9 Å². The van der Waals surface area contributed by atoms with E-state index in [1.165, 1.54) is 23.1 Å². The van der Waals surface area contributed by atoms with Gasteiger partial charge in [0.25, 0.3) is 11.5 Å². The Balaban J connectivity index is 1.34. The van der Waals surface area contributed by atoms with Crippen LogP contribution in [0.25, 0.3) is 10.2 Å². The number of amides is 2. The van der Waals surface area contributed by atoms with E-state index in [4.69, 9.17) is 4.74 Å². The first-order chi connectivity index (χ1) is 17.3. The third-order valence-corrected chi connectivity index (χ3v) is 7.95. The summed E-state index contributed by atoms with van der Waals surface area (Å²) in [7, 11) is 1.54. The molecule has 1 unspecified atom stereocenters. The molecule has 36 heavy (non-hydrogen) atoms. The number of nitrogens with zero attached hydrogens (tertiary/aromatic N) is 1. The predicted molar refractivity (Wildman–Crippen MR) is 146 cm³/mol. The van der Waals surface area contributed by atoms with Crippen molar-refractivity contribution in [2.75, 3.05) is 17.7 Å². The van der Waals surface area contributed by atoms with E-state index in [0.29, 0.717) is 39.7 Å². The van der Waals surface area contributed by atoms with E-state index >= 15 is 0 Å². The fourth-order valence-corrected chi connectivity index (χ4v) is 5.34. The first kappa shape index (κ1) is 25.5. The van der Waals surface area contributed by atoms with Gasteiger partial charge in [-0.2, -0.15) is 0 Å². The zero-order valence-electron chi connectivity index (χ0n) is 20.3. The molecule has 2 heterocycles. The first-order valence-corrected chi connectivity index (χ1v) is 13.1. The summed E-state index contributed by atoms with van der Waals surface area (Å²) in [4.78, 5) is 46.9. The number of ether oxygens (including phenoxy) is 1. The highest BCUT2D eigenvalue weighted by Crippen LogP contribution is 2.27. The van der Waals surface area contributed by atoms with Gasteiger partial charge in [-0.15, -0.1) is 23.1 Å². The molecule has 0 saturated heterocycles. The molecule has 1 atom stereocenters. The second kappa shape index (κ2) is 11.0. The number of anilines is 2. The van der Waals surface area contributed by atoms with Crippen LogP contribution in [0.2, 0.25) is 0 Å². The molecule has 4 rings (SSSR count). The maximum absolute atomic E-state index is 12.7. The van der Waals surface area contributed by atoms with Gasteiger partial charge in [0.05, 0.1) is 29.2 Å². The van der Waals surface area contributed by atoms with Crippen LogP contribution in [0, 0.1) is 13.8 Å². The second-order valence-electron chi connectivity index (χ2n) is 8.15. The summed E-state index contributed by atoms with van der Waals surface area (Å²) < 4.78 is 5.26. The van der Waals surface area contributed by atoms with E-state index in [9.17, 15) is 14.4 Å². The fourth-order valence-electron chi connectivity index (χ4n) is 3.54. The first-order valence-electron chi connectivity index (χ1n) is 11.2. The Kier molecular flexibility index (Phi) is 7.76. The van der Waals surface area contributed by atoms with Crippen LogP contribution in [-0.2, 0) is 10.5 Å². The Bertz CT molecular complexity index is 1480. The number of carbonyl (C=O) groups excluding carboxylic acids is 2. The average Bonchev–Trinajstić information content (AvgIpc) is 3.16. The van der Waals surface area contributed by atoms with Gasteiger partial charge in [0, 0.05) is 16.1 Å². The number of hydrogen-bond acceptors (Lipinski definition) is 7. The largest absolute Gasteiger partial charge is 0.495 e. The summed E-state index contributed by atoms with van der Waals surface area (Å²) in [6.45, 7) is 5.69. The van der Waals surface area contributed by atoms with Crippen LogP contribution in [0.1, 0.15) is 33.5 Å². The molecule has 0 aliphatic carbocycles. The monoisotopic (exact) mass is 522 g/mol. The molecule has 0 aliphatic heterocycles. The number of hydrogen-bond donors (Lipinski definition) is 3. The molecule has 8 nitrogen and oxygen atoms in total. The third-order valence-electron chi connectivity index (χ3n) is 5.70. The van der Waals surface area contributed by atoms with E-state index in [0.717, 1.165) is 15.3 Å². The number of rotatable bonds is 8. The lowest BCUT2D eigenvalue weighted by Gasteiger charge is -2.13. The number of para-hydroxylation sites is 2. The number of fused-ring (bicyclic) bond motifs is 1. The lowest BCUT2D eigenvalue weighted by atomic mass is 10.2. The number of H-pyrrole nitrogens is 1. The molecule has 0 aliphatic rings. The van der Waals surface area contributed by atoms with Crippen molar-refractivity contribution in [2.24, 2.45) is 0 Å². The van der Waals surface area contributed by atoms with Crippen molar-refractivity contribution in [3.8, 4) is 5.75 Å². The lowest BCUT2D eigenvalue weighted by molar-refractivity contribution is -0.115. The van der Waals surface area contributed by atoms with Crippen molar-refractivity contribution in [1.29, 1.82) is 0 Å². The molecule has 10 heteroatoms. The van der Waals surface area contributed by atoms with Crippen LogP contribution in [0.4, 0.5) is 11.4 Å². The second-order valence-corrected chi connectivity index (χ2v) is 10.7. The van der Waals surface area contributed by atoms with Gasteiger partial charge in [0.2, 0.25) is 5.91 Å². The van der Waals surface area contributed by atoms with Gasteiger partial charge >= 0.3 is 0 Å². The van der Waals surface area contributed by atoms with Gasteiger partial charge in [0.1, 0.15) is 16.4 Å². The van der Waals surface area contributed by atoms with E-state index in [1.54, 1.807) is 50.4 Å². The van der Waals surface area contributed by atoms with Gasteiger partial charge < -0.3 is 20.4 Å². The summed E-state index contributed by atoms with van der Waals surface area (Å²) in [6, 6.07) is 13.8. The molecule has 2 amide bonds. The highest BCUT2D eigenvalue weighted by molar-refractivity contribution is 7.99. The van der Waals surface area contributed by atoms with Crippen molar-refractivity contribution >= 4 is 56.5 Å². The Morgan fingerprint density at radius 3 is 2.56 bits per heavy atom. The fraction of sp³-hybridized carbons (Fsp3) is 0.231. The number of methoxy groups -OCH3 is 1. The zero-order chi connectivity index (χ0) is 25.8. The molecule has 4 aromatic rings. The minimum Gasteiger partial charge on any atom is -0.495 e. The summed E-state index contributed by atoms with van der Waals surface area (Å²) >= 11 is 2.88. The molecule has 0 bridgehead atoms. The van der Waals surface area contributed by atoms with Crippen molar-refractivity contribution in [3.05, 3.63) is 80.7 Å². The summed E-state index contributed by atoms with van der Waals surface area (Å²) in [6.07, 6.45) is 0. The molecular weight excluding hydrogens is 496 g/mol. The number of aromatic nitrogens is 2. The van der Waals surface area contributed by atoms with Crippen molar-refractivity contribution in [2.45, 2.75) is 31.8 Å². The minimum absolute atomic E-state index is 0.149. The smallest absolute Gasteiger partial charge is 0.259 e. The van der Waals surface area contributed by atoms with Gasteiger partial charge in [0.15, 0.2) is 0 Å². The maximum atomic E-state index is 12.7. The SMILES string of the molecule is COc1ccccc1NC(=O)c1ccc(NC(=O)C(C)SCc2nc3sc(C)c(C)c3c(=O)[nH]2)cc1. The van der Waals surface area contributed by atoms with Crippen LogP contribution in [-0.4, -0.2) is 34.1 Å². The zero-order valence-corrected chi connectivity index (χ0v) is 21.9. The Hall–Kier alpha value is -3.63. The highest BCUT2D eigenvalue weighted by atomic mass is 32.2. The third kappa shape index (κ3) is 5.60. The van der Waals surface area contributed by atoms with Gasteiger partial charge in [-0.25, -0.2) is 4.98 Å². The van der Waals surface area contributed by atoms with Crippen LogP contribution in [0.5, 0.6) is 5.75 Å². The average molecular weight is 523 g/mol. The summed E-state index contributed by atoms with van der Waals surface area (Å²) in [5.74, 6) is 1.05.